The van der Waals surface area contributed by atoms with E-state index in [-0.39, 0.29) is 13.2 Å². The molecule has 0 unspecified atom stereocenters. The van der Waals surface area contributed by atoms with E-state index in [4.69, 9.17) is 0 Å². The summed E-state index contributed by atoms with van der Waals surface area (Å²) in [5.41, 5.74) is 1.32. The zero-order valence-corrected chi connectivity index (χ0v) is 11.3. The Balaban J connectivity index is 0.000000388. The molecule has 0 aliphatic rings. The number of rotatable bonds is 2. The lowest BCUT2D eigenvalue weighted by Crippen LogP contribution is -2.00. The Bertz CT molecular complexity index is 384. The highest BCUT2D eigenvalue weighted by Gasteiger charge is 2.00. The summed E-state index contributed by atoms with van der Waals surface area (Å²) in [6, 6.07) is 10.3. The molecule has 0 N–H and O–H groups in total. The highest BCUT2D eigenvalue weighted by atomic mass is 16.6. The number of hydrogen-bond donors (Lipinski definition) is 0. The van der Waals surface area contributed by atoms with E-state index < -0.39 is 12.2 Å². The van der Waals surface area contributed by atoms with E-state index in [0.29, 0.717) is 0 Å². The van der Waals surface area contributed by atoms with Crippen LogP contribution in [0.15, 0.2) is 40.6 Å². The van der Waals surface area contributed by atoms with Gasteiger partial charge in [-0.05, 0) is 20.8 Å². The zero-order chi connectivity index (χ0) is 14.5. The Labute approximate surface area is 112 Å². The summed E-state index contributed by atoms with van der Waals surface area (Å²) in [5.74, 6) is 0. The molecule has 2 amide bonds. The first-order chi connectivity index (χ1) is 9.10. The van der Waals surface area contributed by atoms with Gasteiger partial charge in [0.05, 0.1) is 13.2 Å². The quantitative estimate of drug-likeness (QED) is 0.764. The van der Waals surface area contributed by atoms with Crippen LogP contribution in [0.3, 0.4) is 0 Å². The first-order valence-electron chi connectivity index (χ1n) is 5.87. The number of amides is 2. The molecule has 0 radical (unpaired) electrons. The van der Waals surface area contributed by atoms with Crippen LogP contribution in [0.1, 0.15) is 19.4 Å². The smallest absolute Gasteiger partial charge is 0.447 e. The molecule has 19 heavy (non-hydrogen) atoms. The van der Waals surface area contributed by atoms with Crippen LogP contribution in [-0.2, 0) is 9.47 Å². The molecule has 0 fully saturated rings. The van der Waals surface area contributed by atoms with Gasteiger partial charge < -0.3 is 9.47 Å². The Hall–Kier alpha value is -2.24. The molecule has 0 heterocycles. The number of carbonyl (C=O) groups excluding carboxylic acids is 2. The van der Waals surface area contributed by atoms with Gasteiger partial charge in [0.1, 0.15) is 0 Å². The number of ether oxygens (including phenoxy) is 2. The topological polar surface area (TPSA) is 77.3 Å². The molecule has 6 nitrogen and oxygen atoms in total. The lowest BCUT2D eigenvalue weighted by molar-refractivity contribution is 0.152. The van der Waals surface area contributed by atoms with Gasteiger partial charge >= 0.3 is 12.2 Å². The summed E-state index contributed by atoms with van der Waals surface area (Å²) >= 11 is 0. The fraction of sp³-hybridized carbons (Fsp3) is 0.385. The summed E-state index contributed by atoms with van der Waals surface area (Å²) in [6.45, 7) is 5.72. The predicted molar refractivity (Wildman–Crippen MR) is 70.1 cm³/mol. The third-order valence-electron chi connectivity index (χ3n) is 1.69. The van der Waals surface area contributed by atoms with Crippen LogP contribution in [0.25, 0.3) is 0 Å². The van der Waals surface area contributed by atoms with E-state index in [9.17, 15) is 9.59 Å². The SMILES string of the molecule is CCOC(=O)/N=N/C(=O)OCC.Cc1ccccc1. The molecule has 0 aliphatic heterocycles. The molecule has 1 aromatic rings. The summed E-state index contributed by atoms with van der Waals surface area (Å²) < 4.78 is 8.73. The molecule has 0 aromatic heterocycles. The molecule has 0 atom stereocenters. The molecule has 0 bridgehead atoms. The lowest BCUT2D eigenvalue weighted by atomic mass is 10.2. The highest BCUT2D eigenvalue weighted by molar-refractivity contribution is 5.73. The minimum Gasteiger partial charge on any atom is -0.447 e. The first-order valence-corrected chi connectivity index (χ1v) is 5.87. The number of aryl methyl sites for hydroxylation is 1. The van der Waals surface area contributed by atoms with Crippen molar-refractivity contribution in [3.63, 3.8) is 0 Å². The average Bonchev–Trinajstić information content (AvgIpc) is 2.39. The van der Waals surface area contributed by atoms with Gasteiger partial charge in [0.2, 0.25) is 0 Å². The van der Waals surface area contributed by atoms with Gasteiger partial charge in [-0.1, -0.05) is 46.1 Å². The average molecular weight is 266 g/mol. The van der Waals surface area contributed by atoms with Crippen molar-refractivity contribution in [2.24, 2.45) is 10.2 Å². The Kier molecular flexibility index (Phi) is 9.60. The van der Waals surface area contributed by atoms with E-state index in [1.54, 1.807) is 13.8 Å². The second-order valence-corrected chi connectivity index (χ2v) is 3.25. The maximum Gasteiger partial charge on any atom is 0.452 e. The maximum atomic E-state index is 10.5. The van der Waals surface area contributed by atoms with Crippen molar-refractivity contribution in [3.8, 4) is 0 Å². The fourth-order valence-corrected chi connectivity index (χ4v) is 0.921. The van der Waals surface area contributed by atoms with Crippen LogP contribution >= 0.6 is 0 Å². The fourth-order valence-electron chi connectivity index (χ4n) is 0.921. The third kappa shape index (κ3) is 10.6. The first kappa shape index (κ1) is 16.8. The number of benzene rings is 1. The summed E-state index contributed by atoms with van der Waals surface area (Å²) in [6.07, 6.45) is -1.80. The van der Waals surface area contributed by atoms with E-state index in [1.807, 2.05) is 18.2 Å². The van der Waals surface area contributed by atoms with Crippen LogP contribution in [0.2, 0.25) is 0 Å². The summed E-state index contributed by atoms with van der Waals surface area (Å²) in [4.78, 5) is 20.9. The van der Waals surface area contributed by atoms with Crippen LogP contribution in [0.4, 0.5) is 9.59 Å². The van der Waals surface area contributed by atoms with Crippen molar-refractivity contribution in [2.45, 2.75) is 20.8 Å². The van der Waals surface area contributed by atoms with Crippen molar-refractivity contribution < 1.29 is 19.1 Å². The normalized spacial score (nSPS) is 9.42. The minimum absolute atomic E-state index is 0.195. The standard InChI is InChI=1S/C7H8.C6H10N2O4/c1-7-5-3-2-4-6-7;1-3-11-5(9)7-8-6(10)12-4-2/h2-6H,1H3;3-4H2,1-2H3/b;8-7+. The van der Waals surface area contributed by atoms with Crippen molar-refractivity contribution in [1.82, 2.24) is 0 Å². The Morgan fingerprint density at radius 1 is 0.947 bits per heavy atom. The molecule has 1 aromatic carbocycles. The summed E-state index contributed by atoms with van der Waals surface area (Å²) in [7, 11) is 0. The van der Waals surface area contributed by atoms with Gasteiger partial charge in [-0.2, -0.15) is 0 Å². The third-order valence-corrected chi connectivity index (χ3v) is 1.69. The van der Waals surface area contributed by atoms with Crippen molar-refractivity contribution in [1.29, 1.82) is 0 Å². The predicted octanol–water partition coefficient (Wildman–Crippen LogP) is 3.75. The molecular weight excluding hydrogens is 248 g/mol. The molecule has 0 aliphatic carbocycles. The van der Waals surface area contributed by atoms with Gasteiger partial charge in [-0.3, -0.25) is 0 Å². The molecule has 0 saturated heterocycles. The minimum atomic E-state index is -0.898. The van der Waals surface area contributed by atoms with Gasteiger partial charge in [-0.25, -0.2) is 9.59 Å². The number of azo groups is 1. The summed E-state index contributed by atoms with van der Waals surface area (Å²) in [5, 5.41) is 5.84. The van der Waals surface area contributed by atoms with Gasteiger partial charge in [-0.15, -0.1) is 0 Å². The van der Waals surface area contributed by atoms with E-state index in [0.717, 1.165) is 0 Å². The van der Waals surface area contributed by atoms with Crippen LogP contribution in [0, 0.1) is 6.92 Å². The number of carbonyl (C=O) groups is 2. The number of hydrogen-bond acceptors (Lipinski definition) is 4. The van der Waals surface area contributed by atoms with Gasteiger partial charge in [0.15, 0.2) is 0 Å². The largest absolute Gasteiger partial charge is 0.452 e. The van der Waals surface area contributed by atoms with Crippen molar-refractivity contribution in [2.75, 3.05) is 13.2 Å². The van der Waals surface area contributed by atoms with Crippen molar-refractivity contribution in [3.05, 3.63) is 35.9 Å². The van der Waals surface area contributed by atoms with E-state index in [1.165, 1.54) is 5.56 Å². The molecule has 0 saturated carbocycles. The van der Waals surface area contributed by atoms with Gasteiger partial charge in [0, 0.05) is 0 Å². The molecule has 1 rings (SSSR count). The second kappa shape index (κ2) is 10.9. The Morgan fingerprint density at radius 3 is 1.63 bits per heavy atom. The van der Waals surface area contributed by atoms with E-state index >= 15 is 0 Å². The molecule has 6 heteroatoms. The molecule has 0 spiro atoms. The second-order valence-electron chi connectivity index (χ2n) is 3.25. The maximum absolute atomic E-state index is 10.5. The molecule has 104 valence electrons. The van der Waals surface area contributed by atoms with E-state index in [2.05, 4.69) is 38.8 Å². The number of nitrogens with zero attached hydrogens (tertiary/aromatic N) is 2. The Morgan fingerprint density at radius 2 is 1.37 bits per heavy atom. The van der Waals surface area contributed by atoms with Crippen molar-refractivity contribution >= 4 is 12.2 Å². The van der Waals surface area contributed by atoms with Crippen LogP contribution in [0.5, 0.6) is 0 Å². The monoisotopic (exact) mass is 266 g/mol. The highest BCUT2D eigenvalue weighted by Crippen LogP contribution is 1.92. The lowest BCUT2D eigenvalue weighted by Gasteiger charge is -1.93. The molecular formula is C13H18N2O4. The zero-order valence-electron chi connectivity index (χ0n) is 11.3. The van der Waals surface area contributed by atoms with Crippen LogP contribution < -0.4 is 0 Å². The van der Waals surface area contributed by atoms with Gasteiger partial charge in [0.25, 0.3) is 0 Å². The van der Waals surface area contributed by atoms with Crippen LogP contribution in [-0.4, -0.2) is 25.4 Å².